The maximum atomic E-state index is 13.0. The normalized spacial score (nSPS) is 11.2. The molecule has 0 aliphatic heterocycles. The van der Waals surface area contributed by atoms with E-state index in [9.17, 15) is 18.0 Å². The number of hydrogen-bond acceptors (Lipinski definition) is 4. The molecule has 0 bridgehead atoms. The van der Waals surface area contributed by atoms with Gasteiger partial charge in [0.15, 0.2) is 0 Å². The quantitative estimate of drug-likeness (QED) is 0.311. The molecule has 37 heavy (non-hydrogen) atoms. The summed E-state index contributed by atoms with van der Waals surface area (Å²) in [6, 6.07) is 21.3. The van der Waals surface area contributed by atoms with E-state index in [0.717, 1.165) is 5.56 Å². The molecule has 0 aliphatic rings. The van der Waals surface area contributed by atoms with Gasteiger partial charge in [0.1, 0.15) is 0 Å². The molecule has 0 aromatic heterocycles. The number of carbonyl (C=O) groups excluding carboxylic acids is 2. The van der Waals surface area contributed by atoms with Gasteiger partial charge in [0.25, 0.3) is 21.8 Å². The molecule has 0 fully saturated rings. The molecule has 0 spiro atoms. The van der Waals surface area contributed by atoms with Crippen molar-refractivity contribution in [1.82, 2.24) is 10.2 Å². The number of hydrogen-bond donors (Lipinski definition) is 2. The Bertz CT molecular complexity index is 1580. The van der Waals surface area contributed by atoms with E-state index in [4.69, 9.17) is 23.2 Å². The van der Waals surface area contributed by atoms with Gasteiger partial charge in [0.05, 0.1) is 4.90 Å². The molecule has 10 heteroatoms. The first-order valence-corrected chi connectivity index (χ1v) is 13.4. The van der Waals surface area contributed by atoms with E-state index >= 15 is 0 Å². The zero-order chi connectivity index (χ0) is 26.7. The van der Waals surface area contributed by atoms with Crippen LogP contribution in [-0.2, 0) is 16.6 Å². The third-order valence-corrected chi connectivity index (χ3v) is 7.38. The Kier molecular flexibility index (Phi) is 7.73. The van der Waals surface area contributed by atoms with Crippen LogP contribution in [0.4, 0.5) is 5.69 Å². The average molecular weight is 556 g/mol. The van der Waals surface area contributed by atoms with E-state index in [-0.39, 0.29) is 33.3 Å². The third kappa shape index (κ3) is 6.22. The average Bonchev–Trinajstić information content (AvgIpc) is 2.85. The maximum Gasteiger partial charge on any atom is 0.261 e. The fourth-order valence-electron chi connectivity index (χ4n) is 3.74. The first-order chi connectivity index (χ1) is 17.5. The monoisotopic (exact) mass is 555 g/mol. The maximum absolute atomic E-state index is 13.0. The van der Waals surface area contributed by atoms with E-state index in [1.165, 1.54) is 23.1 Å². The summed E-state index contributed by atoms with van der Waals surface area (Å²) in [6.45, 7) is 0.283. The fourth-order valence-corrected chi connectivity index (χ4v) is 5.52. The van der Waals surface area contributed by atoms with Gasteiger partial charge in [-0.15, -0.1) is 0 Å². The van der Waals surface area contributed by atoms with E-state index in [0.29, 0.717) is 27.6 Å². The Morgan fingerprint density at radius 2 is 1.54 bits per heavy atom. The Balaban J connectivity index is 1.50. The Labute approximate surface area is 225 Å². The molecule has 7 nitrogen and oxygen atoms in total. The number of amides is 2. The molecule has 0 radical (unpaired) electrons. The van der Waals surface area contributed by atoms with Crippen molar-refractivity contribution in [3.8, 4) is 0 Å². The molecule has 4 rings (SSSR count). The highest BCUT2D eigenvalue weighted by molar-refractivity contribution is 7.92. The minimum absolute atomic E-state index is 0.0580. The van der Waals surface area contributed by atoms with Crippen molar-refractivity contribution in [3.05, 3.63) is 106 Å². The second kappa shape index (κ2) is 10.8. The van der Waals surface area contributed by atoms with Crippen LogP contribution in [0.15, 0.2) is 83.8 Å². The van der Waals surface area contributed by atoms with Gasteiger partial charge < -0.3 is 10.2 Å². The van der Waals surface area contributed by atoms with Crippen LogP contribution in [0.3, 0.4) is 0 Å². The summed E-state index contributed by atoms with van der Waals surface area (Å²) in [4.78, 5) is 26.4. The summed E-state index contributed by atoms with van der Waals surface area (Å²) in [7, 11) is -0.551. The number of anilines is 1. The molecule has 0 saturated carbocycles. The van der Waals surface area contributed by atoms with Crippen LogP contribution < -0.4 is 10.0 Å². The largest absolute Gasteiger partial charge is 0.348 e. The van der Waals surface area contributed by atoms with Crippen molar-refractivity contribution in [2.24, 2.45) is 0 Å². The van der Waals surface area contributed by atoms with Crippen molar-refractivity contribution in [2.75, 3.05) is 18.8 Å². The van der Waals surface area contributed by atoms with Crippen LogP contribution in [0.5, 0.6) is 0 Å². The number of halogens is 2. The number of rotatable bonds is 7. The molecule has 0 aliphatic carbocycles. The fraction of sp³-hybridized carbons (Fsp3) is 0.111. The summed E-state index contributed by atoms with van der Waals surface area (Å²) in [6.07, 6.45) is 0. The standard InChI is InChI=1S/C27H23Cl2N3O4S/c1-32(2)27(34)18-8-6-17(7-9-18)16-30-26(33)25-5-3-4-19-12-22(10-11-24(19)25)31-37(35,36)23-14-20(28)13-21(29)15-23/h3-15,31H,16H2,1-2H3,(H,30,33). The van der Waals surface area contributed by atoms with Gasteiger partial charge in [-0.1, -0.05) is 53.5 Å². The lowest BCUT2D eigenvalue weighted by atomic mass is 10.0. The van der Waals surface area contributed by atoms with Gasteiger partial charge in [-0.05, 0) is 64.9 Å². The lowest BCUT2D eigenvalue weighted by molar-refractivity contribution is 0.0827. The minimum Gasteiger partial charge on any atom is -0.348 e. The predicted molar refractivity (Wildman–Crippen MR) is 147 cm³/mol. The molecular formula is C27H23Cl2N3O4S. The lowest BCUT2D eigenvalue weighted by Gasteiger charge is -2.12. The van der Waals surface area contributed by atoms with Gasteiger partial charge >= 0.3 is 0 Å². The highest BCUT2D eigenvalue weighted by Gasteiger charge is 2.17. The van der Waals surface area contributed by atoms with Crippen LogP contribution in [0, 0.1) is 0 Å². The van der Waals surface area contributed by atoms with E-state index in [1.807, 2.05) is 0 Å². The number of carbonyl (C=O) groups is 2. The molecule has 0 atom stereocenters. The van der Waals surface area contributed by atoms with Gasteiger partial charge in [-0.25, -0.2) is 8.42 Å². The topological polar surface area (TPSA) is 95.6 Å². The van der Waals surface area contributed by atoms with Crippen molar-refractivity contribution in [2.45, 2.75) is 11.4 Å². The van der Waals surface area contributed by atoms with Crippen LogP contribution >= 0.6 is 23.2 Å². The molecule has 0 saturated heterocycles. The second-order valence-electron chi connectivity index (χ2n) is 8.53. The number of fused-ring (bicyclic) bond motifs is 1. The van der Waals surface area contributed by atoms with Crippen molar-refractivity contribution >= 4 is 61.5 Å². The number of nitrogens with one attached hydrogen (secondary N) is 2. The molecule has 0 unspecified atom stereocenters. The smallest absolute Gasteiger partial charge is 0.261 e. The summed E-state index contributed by atoms with van der Waals surface area (Å²) in [5.41, 5.74) is 2.20. The van der Waals surface area contributed by atoms with Crippen molar-refractivity contribution < 1.29 is 18.0 Å². The Hall–Kier alpha value is -3.59. The predicted octanol–water partition coefficient (Wildman–Crippen LogP) is 5.58. The summed E-state index contributed by atoms with van der Waals surface area (Å²) in [5, 5.41) is 4.66. The zero-order valence-electron chi connectivity index (χ0n) is 20.0. The van der Waals surface area contributed by atoms with E-state index in [2.05, 4.69) is 10.0 Å². The highest BCUT2D eigenvalue weighted by atomic mass is 35.5. The molecule has 4 aromatic rings. The van der Waals surface area contributed by atoms with Crippen LogP contribution in [0.25, 0.3) is 10.8 Å². The first kappa shape index (κ1) is 26.5. The Morgan fingerprint density at radius 3 is 2.19 bits per heavy atom. The molecule has 2 amide bonds. The van der Waals surface area contributed by atoms with E-state index in [1.54, 1.807) is 74.8 Å². The Morgan fingerprint density at radius 1 is 0.865 bits per heavy atom. The van der Waals surface area contributed by atoms with Gasteiger partial charge in [0.2, 0.25) is 0 Å². The second-order valence-corrected chi connectivity index (χ2v) is 11.1. The van der Waals surface area contributed by atoms with Gasteiger partial charge in [0, 0.05) is 47.5 Å². The third-order valence-electron chi connectivity index (χ3n) is 5.58. The summed E-state index contributed by atoms with van der Waals surface area (Å²) in [5.74, 6) is -0.370. The zero-order valence-corrected chi connectivity index (χ0v) is 22.3. The van der Waals surface area contributed by atoms with Crippen LogP contribution in [0.1, 0.15) is 26.3 Å². The molecular weight excluding hydrogens is 533 g/mol. The summed E-state index contributed by atoms with van der Waals surface area (Å²) < 4.78 is 28.2. The first-order valence-electron chi connectivity index (χ1n) is 11.1. The SMILES string of the molecule is CN(C)C(=O)c1ccc(CNC(=O)c2cccc3cc(NS(=O)(=O)c4cc(Cl)cc(Cl)c4)ccc23)cc1. The van der Waals surface area contributed by atoms with Crippen molar-refractivity contribution in [3.63, 3.8) is 0 Å². The molecule has 0 heterocycles. The number of benzene rings is 4. The van der Waals surface area contributed by atoms with E-state index < -0.39 is 10.0 Å². The molecule has 2 N–H and O–H groups in total. The minimum atomic E-state index is -3.93. The lowest BCUT2D eigenvalue weighted by Crippen LogP contribution is -2.23. The van der Waals surface area contributed by atoms with Gasteiger partial charge in [-0.2, -0.15) is 0 Å². The van der Waals surface area contributed by atoms with Crippen LogP contribution in [0.2, 0.25) is 10.0 Å². The number of nitrogens with zero attached hydrogens (tertiary/aromatic N) is 1. The highest BCUT2D eigenvalue weighted by Crippen LogP contribution is 2.27. The molecule has 190 valence electrons. The summed E-state index contributed by atoms with van der Waals surface area (Å²) >= 11 is 11.9. The molecule has 4 aromatic carbocycles. The van der Waals surface area contributed by atoms with Crippen molar-refractivity contribution in [1.29, 1.82) is 0 Å². The van der Waals surface area contributed by atoms with Gasteiger partial charge in [-0.3, -0.25) is 14.3 Å². The number of sulfonamides is 1. The van der Waals surface area contributed by atoms with Crippen LogP contribution in [-0.4, -0.2) is 39.2 Å².